The first kappa shape index (κ1) is 19.0. The average Bonchev–Trinajstić information content (AvgIpc) is 3.10. The van der Waals surface area contributed by atoms with Crippen LogP contribution in [0.2, 0.25) is 0 Å². The zero-order valence-corrected chi connectivity index (χ0v) is 14.8. The lowest BCUT2D eigenvalue weighted by Gasteiger charge is -2.45. The Labute approximate surface area is 152 Å². The number of carboxylic acid groups (broad SMARTS) is 1. The van der Waals surface area contributed by atoms with Gasteiger partial charge in [0.15, 0.2) is 0 Å². The predicted molar refractivity (Wildman–Crippen MR) is 87.9 cm³/mol. The number of amides is 2. The maximum Gasteiger partial charge on any atom is 0.337 e. The van der Waals surface area contributed by atoms with Gasteiger partial charge in [-0.05, 0) is 25.3 Å². The van der Waals surface area contributed by atoms with Gasteiger partial charge in [0.1, 0.15) is 5.54 Å². The van der Waals surface area contributed by atoms with Crippen molar-refractivity contribution in [3.05, 3.63) is 22.5 Å². The lowest BCUT2D eigenvalue weighted by molar-refractivity contribution is -0.164. The second-order valence-corrected chi connectivity index (χ2v) is 7.01. The fourth-order valence-electron chi connectivity index (χ4n) is 4.05. The summed E-state index contributed by atoms with van der Waals surface area (Å²) in [6.45, 7) is 1.82. The molecule has 1 saturated carbocycles. The first-order valence-corrected chi connectivity index (χ1v) is 8.45. The van der Waals surface area contributed by atoms with Gasteiger partial charge in [-0.15, -0.1) is 0 Å². The van der Waals surface area contributed by atoms with Gasteiger partial charge < -0.3 is 20.3 Å². The minimum absolute atomic E-state index is 0.0140. The molecule has 1 aliphatic heterocycles. The molecule has 3 N–H and O–H groups in total. The highest BCUT2D eigenvalue weighted by atomic mass is 19.3. The van der Waals surface area contributed by atoms with Crippen LogP contribution in [0, 0.1) is 6.92 Å². The summed E-state index contributed by atoms with van der Waals surface area (Å²) in [5.74, 6) is -7.36. The number of carbonyl (C=O) groups excluding carboxylic acids is 3. The van der Waals surface area contributed by atoms with Gasteiger partial charge in [0.2, 0.25) is 5.91 Å². The molecule has 2 aliphatic rings. The van der Waals surface area contributed by atoms with Gasteiger partial charge in [-0.2, -0.15) is 0 Å². The molecular formula is C17H19F2N3O5. The summed E-state index contributed by atoms with van der Waals surface area (Å²) in [7, 11) is 1.25. The highest BCUT2D eigenvalue weighted by Crippen LogP contribution is 2.45. The molecule has 0 atom stereocenters. The molecule has 1 fully saturated rings. The molecule has 146 valence electrons. The van der Waals surface area contributed by atoms with Crippen LogP contribution in [0.1, 0.15) is 51.4 Å². The molecule has 0 spiro atoms. The molecule has 0 saturated heterocycles. The van der Waals surface area contributed by atoms with Crippen molar-refractivity contribution in [1.82, 2.24) is 15.2 Å². The summed E-state index contributed by atoms with van der Waals surface area (Å²) >= 11 is 0. The van der Waals surface area contributed by atoms with Crippen molar-refractivity contribution in [3.8, 4) is 0 Å². The molecular weight excluding hydrogens is 364 g/mol. The molecule has 1 aliphatic carbocycles. The van der Waals surface area contributed by atoms with Crippen molar-refractivity contribution in [1.29, 1.82) is 0 Å². The van der Waals surface area contributed by atoms with Crippen molar-refractivity contribution in [2.24, 2.45) is 0 Å². The van der Waals surface area contributed by atoms with Crippen molar-refractivity contribution in [2.45, 2.75) is 50.6 Å². The molecule has 27 heavy (non-hydrogen) atoms. The molecule has 1 aromatic rings. The molecule has 0 aromatic carbocycles. The Kier molecular flexibility index (Phi) is 4.32. The number of hydrogen-bond donors (Lipinski definition) is 3. The van der Waals surface area contributed by atoms with Crippen LogP contribution < -0.4 is 10.6 Å². The third-order valence-corrected chi connectivity index (χ3v) is 5.18. The fraction of sp³-hybridized carbons (Fsp3) is 0.529. The summed E-state index contributed by atoms with van der Waals surface area (Å²) < 4.78 is 28.2. The Balaban J connectivity index is 1.91. The molecule has 1 aromatic heterocycles. The van der Waals surface area contributed by atoms with Crippen molar-refractivity contribution >= 4 is 23.6 Å². The number of nitrogens with one attached hydrogen (secondary N) is 2. The number of rotatable bonds is 5. The molecule has 10 heteroatoms. The smallest absolute Gasteiger partial charge is 0.337 e. The van der Waals surface area contributed by atoms with Gasteiger partial charge >= 0.3 is 5.97 Å². The van der Waals surface area contributed by atoms with Crippen LogP contribution in [0.4, 0.5) is 8.78 Å². The summed E-state index contributed by atoms with van der Waals surface area (Å²) in [6.07, 6.45) is -0.702. The van der Waals surface area contributed by atoms with E-state index in [0.29, 0.717) is 25.1 Å². The van der Waals surface area contributed by atoms with E-state index in [2.05, 4.69) is 10.6 Å². The normalized spacial score (nSPS) is 19.0. The van der Waals surface area contributed by atoms with E-state index in [-0.39, 0.29) is 16.8 Å². The van der Waals surface area contributed by atoms with E-state index in [0.717, 1.165) is 0 Å². The Hall–Kier alpha value is -2.78. The second kappa shape index (κ2) is 6.14. The maximum atomic E-state index is 13.4. The number of alkyl halides is 2. The van der Waals surface area contributed by atoms with Gasteiger partial charge in [0.25, 0.3) is 17.6 Å². The largest absolute Gasteiger partial charge is 0.478 e. The molecule has 2 heterocycles. The first-order chi connectivity index (χ1) is 12.5. The number of ketones is 1. The topological polar surface area (TPSA) is 118 Å². The Morgan fingerprint density at radius 1 is 1.19 bits per heavy atom. The minimum Gasteiger partial charge on any atom is -0.478 e. The highest BCUT2D eigenvalue weighted by molar-refractivity contribution is 6.43. The van der Waals surface area contributed by atoms with Gasteiger partial charge in [0, 0.05) is 32.1 Å². The fourth-order valence-corrected chi connectivity index (χ4v) is 4.05. The zero-order valence-electron chi connectivity index (χ0n) is 14.8. The monoisotopic (exact) mass is 383 g/mol. The first-order valence-electron chi connectivity index (χ1n) is 8.45. The zero-order chi connectivity index (χ0) is 20.1. The van der Waals surface area contributed by atoms with Crippen molar-refractivity contribution < 1.29 is 33.1 Å². The van der Waals surface area contributed by atoms with Crippen molar-refractivity contribution in [3.63, 3.8) is 0 Å². The van der Waals surface area contributed by atoms with Crippen LogP contribution in [0.3, 0.4) is 0 Å². The van der Waals surface area contributed by atoms with E-state index in [1.54, 1.807) is 0 Å². The van der Waals surface area contributed by atoms with Crippen LogP contribution in [-0.2, 0) is 22.6 Å². The van der Waals surface area contributed by atoms with E-state index in [9.17, 15) is 33.1 Å². The number of likely N-dealkylation sites (N-methyl/N-ethyl adjacent to an activating group) is 1. The van der Waals surface area contributed by atoms with E-state index >= 15 is 0 Å². The van der Waals surface area contributed by atoms with Crippen molar-refractivity contribution in [2.75, 3.05) is 7.05 Å². The van der Waals surface area contributed by atoms with Gasteiger partial charge in [-0.25, -0.2) is 13.6 Å². The van der Waals surface area contributed by atoms with Gasteiger partial charge in [-0.3, -0.25) is 14.4 Å². The predicted octanol–water partition coefficient (Wildman–Crippen LogP) is 0.654. The van der Waals surface area contributed by atoms with E-state index < -0.39 is 47.9 Å². The van der Waals surface area contributed by atoms with Crippen LogP contribution in [-0.4, -0.2) is 51.7 Å². The number of fused-ring (bicyclic) bond motifs is 1. The van der Waals surface area contributed by atoms with E-state index in [4.69, 9.17) is 0 Å². The number of Topliss-reactive ketones (excluding diaryl/α,β-unsaturated/α-hetero) is 1. The van der Waals surface area contributed by atoms with Gasteiger partial charge in [0.05, 0.1) is 11.3 Å². The van der Waals surface area contributed by atoms with E-state index in [1.807, 2.05) is 0 Å². The standard InChI is InChI=1S/C17H19F2N3O5/c1-8-10(14(25)26)9-4-3-5-22(9)11(8)12(23)13(24)21-16(15(27)20-2)6-17(18,19)7-16/h3-7H2,1-2H3,(H,20,27)(H,21,24)(H,25,26). The van der Waals surface area contributed by atoms with Gasteiger partial charge in [-0.1, -0.05) is 0 Å². The average molecular weight is 383 g/mol. The third kappa shape index (κ3) is 2.88. The highest BCUT2D eigenvalue weighted by Gasteiger charge is 2.62. The summed E-state index contributed by atoms with van der Waals surface area (Å²) in [5, 5.41) is 13.8. The number of halogens is 2. The number of aromatic carboxylic acids is 1. The molecule has 0 bridgehead atoms. The SMILES string of the molecule is CNC(=O)C1(NC(=O)C(=O)c2c(C)c(C(=O)O)c3n2CCC3)CC(F)(F)C1. The maximum absolute atomic E-state index is 13.4. The molecule has 3 rings (SSSR count). The molecule has 2 amide bonds. The third-order valence-electron chi connectivity index (χ3n) is 5.18. The number of aromatic nitrogens is 1. The molecule has 8 nitrogen and oxygen atoms in total. The number of hydrogen-bond acceptors (Lipinski definition) is 4. The lowest BCUT2D eigenvalue weighted by atomic mass is 9.72. The Morgan fingerprint density at radius 3 is 2.33 bits per heavy atom. The van der Waals surface area contributed by atoms with Crippen LogP contribution >= 0.6 is 0 Å². The quantitative estimate of drug-likeness (QED) is 0.510. The number of carbonyl (C=O) groups is 4. The van der Waals surface area contributed by atoms with Crippen LogP contribution in [0.5, 0.6) is 0 Å². The van der Waals surface area contributed by atoms with Crippen LogP contribution in [0.25, 0.3) is 0 Å². The summed E-state index contributed by atoms with van der Waals surface area (Å²) in [5.41, 5.74) is -1.32. The van der Waals surface area contributed by atoms with Crippen LogP contribution in [0.15, 0.2) is 0 Å². The lowest BCUT2D eigenvalue weighted by Crippen LogP contribution is -2.69. The second-order valence-electron chi connectivity index (χ2n) is 7.01. The Bertz CT molecular complexity index is 866. The minimum atomic E-state index is -3.11. The number of nitrogens with zero attached hydrogens (tertiary/aromatic N) is 1. The van der Waals surface area contributed by atoms with E-state index in [1.165, 1.54) is 18.5 Å². The molecule has 0 radical (unpaired) electrons. The molecule has 0 unspecified atom stereocenters. The Morgan fingerprint density at radius 2 is 1.81 bits per heavy atom. The number of carboxylic acids is 1. The summed E-state index contributed by atoms with van der Waals surface area (Å²) in [4.78, 5) is 48.7. The summed E-state index contributed by atoms with van der Waals surface area (Å²) in [6, 6.07) is 0.